The highest BCUT2D eigenvalue weighted by Gasteiger charge is 2.37. The van der Waals surface area contributed by atoms with E-state index in [2.05, 4.69) is 213 Å². The summed E-state index contributed by atoms with van der Waals surface area (Å²) in [5, 5.41) is 7.36. The fraction of sp³-hybridized carbons (Fsp3) is 0.0526. The van der Waals surface area contributed by atoms with Crippen LogP contribution in [0.1, 0.15) is 25.0 Å². The summed E-state index contributed by atoms with van der Waals surface area (Å²) in [5.41, 5.74) is 16.0. The van der Waals surface area contributed by atoms with E-state index in [-0.39, 0.29) is 5.41 Å². The predicted molar refractivity (Wildman–Crippen MR) is 251 cm³/mol. The van der Waals surface area contributed by atoms with Crippen molar-refractivity contribution in [3.8, 4) is 61.8 Å². The van der Waals surface area contributed by atoms with Crippen LogP contribution in [0.5, 0.6) is 0 Å². The summed E-state index contributed by atoms with van der Waals surface area (Å²) in [5.74, 6) is 0.695. The Balaban J connectivity index is 1.08. The predicted octanol–water partition coefficient (Wildman–Crippen LogP) is 14.9. The molecule has 1 aliphatic rings. The number of aromatic nitrogens is 3. The zero-order valence-corrected chi connectivity index (χ0v) is 33.4. The fourth-order valence-electron chi connectivity index (χ4n) is 9.96. The minimum Gasteiger partial charge on any atom is -0.309 e. The van der Waals surface area contributed by atoms with Crippen molar-refractivity contribution in [3.63, 3.8) is 0 Å². The zero-order chi connectivity index (χ0) is 40.0. The highest BCUT2D eigenvalue weighted by molar-refractivity contribution is 6.11. The van der Waals surface area contributed by atoms with E-state index < -0.39 is 0 Å². The molecule has 2 aromatic heterocycles. The van der Waals surface area contributed by atoms with Gasteiger partial charge in [-0.3, -0.25) is 0 Å². The molecule has 0 bridgehead atoms. The van der Waals surface area contributed by atoms with Crippen molar-refractivity contribution < 1.29 is 0 Å². The molecule has 60 heavy (non-hydrogen) atoms. The second kappa shape index (κ2) is 13.2. The number of para-hydroxylation sites is 3. The third-order valence-corrected chi connectivity index (χ3v) is 12.8. The van der Waals surface area contributed by atoms with E-state index in [1.807, 2.05) is 6.07 Å². The highest BCUT2D eigenvalue weighted by Crippen LogP contribution is 2.54. The number of hydrogen-bond acceptors (Lipinski definition) is 2. The van der Waals surface area contributed by atoms with Gasteiger partial charge in [0, 0.05) is 32.9 Å². The lowest BCUT2D eigenvalue weighted by Crippen LogP contribution is -2.14. The van der Waals surface area contributed by atoms with Crippen LogP contribution in [0.15, 0.2) is 200 Å². The lowest BCUT2D eigenvalue weighted by molar-refractivity contribution is 0.661. The number of hydrogen-bond donors (Lipinski definition) is 0. The van der Waals surface area contributed by atoms with Gasteiger partial charge in [-0.05, 0) is 91.3 Å². The van der Waals surface area contributed by atoms with Crippen molar-refractivity contribution in [1.82, 2.24) is 14.5 Å². The Bertz CT molecular complexity index is 3470. The molecule has 1 aliphatic carbocycles. The Morgan fingerprint density at radius 2 is 0.933 bits per heavy atom. The first kappa shape index (κ1) is 34.4. The average Bonchev–Trinajstić information content (AvgIpc) is 3.76. The van der Waals surface area contributed by atoms with Gasteiger partial charge < -0.3 is 4.57 Å². The fourth-order valence-corrected chi connectivity index (χ4v) is 9.96. The molecule has 0 aliphatic heterocycles. The Labute approximate surface area is 348 Å². The molecule has 0 fully saturated rings. The van der Waals surface area contributed by atoms with Gasteiger partial charge in [-0.2, -0.15) is 0 Å². The van der Waals surface area contributed by atoms with Crippen molar-refractivity contribution in [2.24, 2.45) is 0 Å². The second-order valence-electron chi connectivity index (χ2n) is 16.5. The Hall–Kier alpha value is -7.62. The Kier molecular flexibility index (Phi) is 7.58. The minimum absolute atomic E-state index is 0.124. The maximum atomic E-state index is 5.36. The summed E-state index contributed by atoms with van der Waals surface area (Å²) in [6.07, 6.45) is 0. The third-order valence-electron chi connectivity index (χ3n) is 12.8. The van der Waals surface area contributed by atoms with Gasteiger partial charge in [0.25, 0.3) is 0 Å². The largest absolute Gasteiger partial charge is 0.309 e. The van der Waals surface area contributed by atoms with Crippen LogP contribution in [-0.4, -0.2) is 14.5 Å². The number of rotatable bonds is 5. The van der Waals surface area contributed by atoms with Crippen molar-refractivity contribution in [3.05, 3.63) is 211 Å². The first-order valence-electron chi connectivity index (χ1n) is 20.7. The van der Waals surface area contributed by atoms with E-state index >= 15 is 0 Å². The van der Waals surface area contributed by atoms with Crippen LogP contribution in [0.25, 0.3) is 105 Å². The summed E-state index contributed by atoms with van der Waals surface area (Å²) in [6.45, 7) is 4.74. The molecule has 12 rings (SSSR count). The number of fused-ring (bicyclic) bond motifs is 8. The normalized spacial score (nSPS) is 13.0. The van der Waals surface area contributed by atoms with Gasteiger partial charge in [0.05, 0.1) is 28.1 Å². The standard InChI is InChI=1S/C57H39N3/c1-57(2)48-27-16-26-45(55(48)47-33-37-19-6-7-20-38(37)34-49(47)57)41-31-32-42(40-22-9-8-21-39(40)41)50-35-51(59-56(58-50)36-17-4-3-5-18-36)46-25-12-15-30-54(46)60-52-28-13-10-23-43(52)44-24-11-14-29-53(44)60/h3-35H,1-2H3. The summed E-state index contributed by atoms with van der Waals surface area (Å²) < 4.78 is 2.38. The molecule has 9 aromatic carbocycles. The molecule has 2 heterocycles. The molecule has 0 amide bonds. The van der Waals surface area contributed by atoms with E-state index in [9.17, 15) is 0 Å². The van der Waals surface area contributed by atoms with Crippen LogP contribution in [0, 0.1) is 0 Å². The van der Waals surface area contributed by atoms with Crippen LogP contribution < -0.4 is 0 Å². The summed E-state index contributed by atoms with van der Waals surface area (Å²) in [7, 11) is 0. The van der Waals surface area contributed by atoms with Crippen molar-refractivity contribution >= 4 is 43.4 Å². The minimum atomic E-state index is -0.124. The van der Waals surface area contributed by atoms with E-state index in [1.165, 1.54) is 60.3 Å². The summed E-state index contributed by atoms with van der Waals surface area (Å²) >= 11 is 0. The maximum Gasteiger partial charge on any atom is 0.160 e. The molecular weight excluding hydrogens is 727 g/mol. The number of benzene rings is 9. The van der Waals surface area contributed by atoms with Crippen molar-refractivity contribution in [2.75, 3.05) is 0 Å². The quantitative estimate of drug-likeness (QED) is 0.175. The topological polar surface area (TPSA) is 30.7 Å². The van der Waals surface area contributed by atoms with Gasteiger partial charge in [0.15, 0.2) is 5.82 Å². The molecular formula is C57H39N3. The van der Waals surface area contributed by atoms with Gasteiger partial charge in [-0.1, -0.05) is 178 Å². The van der Waals surface area contributed by atoms with Crippen LogP contribution >= 0.6 is 0 Å². The van der Waals surface area contributed by atoms with Gasteiger partial charge in [-0.25, -0.2) is 9.97 Å². The lowest BCUT2D eigenvalue weighted by atomic mass is 9.81. The first-order chi connectivity index (χ1) is 29.5. The third kappa shape index (κ3) is 5.15. The van der Waals surface area contributed by atoms with E-state index in [0.717, 1.165) is 50.2 Å². The SMILES string of the molecule is CC1(C)c2cc3ccccc3cc2-c2c(-c3ccc(-c4cc(-c5ccccc5-n5c6ccccc6c6ccccc65)nc(-c5ccccc5)n4)c4ccccc34)cccc21. The number of nitrogens with zero attached hydrogens (tertiary/aromatic N) is 3. The van der Waals surface area contributed by atoms with Crippen LogP contribution in [0.4, 0.5) is 0 Å². The molecule has 11 aromatic rings. The van der Waals surface area contributed by atoms with Gasteiger partial charge in [0.2, 0.25) is 0 Å². The van der Waals surface area contributed by atoms with Crippen LogP contribution in [0.3, 0.4) is 0 Å². The summed E-state index contributed by atoms with van der Waals surface area (Å²) in [6, 6.07) is 72.4. The molecule has 3 heteroatoms. The molecule has 0 atom stereocenters. The summed E-state index contributed by atoms with van der Waals surface area (Å²) in [4.78, 5) is 10.7. The average molecular weight is 766 g/mol. The molecule has 0 spiro atoms. The first-order valence-corrected chi connectivity index (χ1v) is 20.7. The van der Waals surface area contributed by atoms with Crippen LogP contribution in [0.2, 0.25) is 0 Å². The Morgan fingerprint density at radius 1 is 0.383 bits per heavy atom. The van der Waals surface area contributed by atoms with Gasteiger partial charge in [0.1, 0.15) is 0 Å². The molecule has 0 N–H and O–H groups in total. The molecule has 282 valence electrons. The zero-order valence-electron chi connectivity index (χ0n) is 33.4. The van der Waals surface area contributed by atoms with Crippen LogP contribution in [-0.2, 0) is 5.41 Å². The monoisotopic (exact) mass is 765 g/mol. The van der Waals surface area contributed by atoms with Crippen molar-refractivity contribution in [1.29, 1.82) is 0 Å². The van der Waals surface area contributed by atoms with E-state index in [0.29, 0.717) is 5.82 Å². The van der Waals surface area contributed by atoms with Crippen molar-refractivity contribution in [2.45, 2.75) is 19.3 Å². The van der Waals surface area contributed by atoms with Gasteiger partial charge >= 0.3 is 0 Å². The molecule has 0 unspecified atom stereocenters. The second-order valence-corrected chi connectivity index (χ2v) is 16.5. The van der Waals surface area contributed by atoms with E-state index in [1.54, 1.807) is 0 Å². The molecule has 0 radical (unpaired) electrons. The highest BCUT2D eigenvalue weighted by atomic mass is 15.0. The lowest BCUT2D eigenvalue weighted by Gasteiger charge is -2.22. The molecule has 0 saturated heterocycles. The van der Waals surface area contributed by atoms with Gasteiger partial charge in [-0.15, -0.1) is 0 Å². The maximum absolute atomic E-state index is 5.36. The Morgan fingerprint density at radius 3 is 1.67 bits per heavy atom. The smallest absolute Gasteiger partial charge is 0.160 e. The molecule has 3 nitrogen and oxygen atoms in total. The van der Waals surface area contributed by atoms with E-state index in [4.69, 9.17) is 9.97 Å². The molecule has 0 saturated carbocycles.